The fourth-order valence-corrected chi connectivity index (χ4v) is 1.94. The lowest BCUT2D eigenvalue weighted by Crippen LogP contribution is -2.57. The molecule has 6 N–H and O–H groups in total. The summed E-state index contributed by atoms with van der Waals surface area (Å²) in [5.74, 6) is -3.35. The number of hydrogen-bond acceptors (Lipinski definition) is 5. The van der Waals surface area contributed by atoms with Gasteiger partial charge in [-0.25, -0.2) is 4.79 Å². The Labute approximate surface area is 141 Å². The molecule has 0 saturated carbocycles. The van der Waals surface area contributed by atoms with E-state index in [9.17, 15) is 19.2 Å². The van der Waals surface area contributed by atoms with E-state index in [1.54, 1.807) is 27.7 Å². The SMILES string of the molecule is CC(C)[C@H](NC(=O)[C@@H](NC(=O)[C@H](C)NC(=O)CN)C(C)C)C(=O)O. The van der Waals surface area contributed by atoms with Crippen LogP contribution in [0.1, 0.15) is 34.6 Å². The zero-order valence-corrected chi connectivity index (χ0v) is 14.8. The first-order valence-corrected chi connectivity index (χ1v) is 7.84. The summed E-state index contributed by atoms with van der Waals surface area (Å²) in [6.07, 6.45) is 0. The van der Waals surface area contributed by atoms with E-state index < -0.39 is 41.8 Å². The molecule has 0 aromatic rings. The second-order valence-electron chi connectivity index (χ2n) is 6.29. The van der Waals surface area contributed by atoms with E-state index in [0.29, 0.717) is 0 Å². The lowest BCUT2D eigenvalue weighted by atomic mass is 10.00. The van der Waals surface area contributed by atoms with Crippen molar-refractivity contribution in [3.8, 4) is 0 Å². The molecule has 0 aliphatic carbocycles. The largest absolute Gasteiger partial charge is 0.480 e. The highest BCUT2D eigenvalue weighted by Crippen LogP contribution is 2.07. The predicted octanol–water partition coefficient (Wildman–Crippen LogP) is -1.18. The van der Waals surface area contributed by atoms with E-state index in [4.69, 9.17) is 10.8 Å². The lowest BCUT2D eigenvalue weighted by Gasteiger charge is -2.26. The number of carboxylic acid groups (broad SMARTS) is 1. The van der Waals surface area contributed by atoms with Gasteiger partial charge in [0.2, 0.25) is 17.7 Å². The van der Waals surface area contributed by atoms with Gasteiger partial charge in [-0.05, 0) is 18.8 Å². The first-order valence-electron chi connectivity index (χ1n) is 7.84. The Hall–Kier alpha value is -2.16. The number of nitrogens with two attached hydrogens (primary N) is 1. The minimum absolute atomic E-state index is 0.250. The van der Waals surface area contributed by atoms with Gasteiger partial charge in [0.15, 0.2) is 0 Å². The topological polar surface area (TPSA) is 151 Å². The monoisotopic (exact) mass is 344 g/mol. The minimum atomic E-state index is -1.14. The average molecular weight is 344 g/mol. The van der Waals surface area contributed by atoms with Gasteiger partial charge in [-0.3, -0.25) is 14.4 Å². The van der Waals surface area contributed by atoms with Gasteiger partial charge < -0.3 is 26.8 Å². The number of hydrogen-bond donors (Lipinski definition) is 5. The highest BCUT2D eigenvalue weighted by atomic mass is 16.4. The first-order chi connectivity index (χ1) is 11.0. The van der Waals surface area contributed by atoms with Crippen LogP contribution in [0, 0.1) is 11.8 Å². The molecule has 0 saturated heterocycles. The van der Waals surface area contributed by atoms with Crippen molar-refractivity contribution in [2.45, 2.75) is 52.7 Å². The van der Waals surface area contributed by atoms with E-state index in [2.05, 4.69) is 16.0 Å². The van der Waals surface area contributed by atoms with E-state index in [1.165, 1.54) is 6.92 Å². The van der Waals surface area contributed by atoms with Gasteiger partial charge in [0.25, 0.3) is 0 Å². The molecule has 24 heavy (non-hydrogen) atoms. The van der Waals surface area contributed by atoms with Crippen LogP contribution in [0.5, 0.6) is 0 Å². The number of aliphatic carboxylic acids is 1. The van der Waals surface area contributed by atoms with Crippen LogP contribution < -0.4 is 21.7 Å². The zero-order valence-electron chi connectivity index (χ0n) is 14.8. The van der Waals surface area contributed by atoms with Gasteiger partial charge in [0.1, 0.15) is 18.1 Å². The van der Waals surface area contributed by atoms with Gasteiger partial charge in [-0.2, -0.15) is 0 Å². The van der Waals surface area contributed by atoms with Crippen molar-refractivity contribution in [3.63, 3.8) is 0 Å². The molecule has 3 amide bonds. The van der Waals surface area contributed by atoms with Crippen molar-refractivity contribution in [2.24, 2.45) is 17.6 Å². The molecule has 138 valence electrons. The van der Waals surface area contributed by atoms with E-state index in [0.717, 1.165) is 0 Å². The Kier molecular flexibility index (Phi) is 8.97. The quantitative estimate of drug-likeness (QED) is 0.355. The molecule has 0 unspecified atom stereocenters. The normalized spacial score (nSPS) is 14.7. The van der Waals surface area contributed by atoms with Crippen molar-refractivity contribution in [1.82, 2.24) is 16.0 Å². The average Bonchev–Trinajstić information content (AvgIpc) is 2.48. The standard InChI is InChI=1S/C15H28N4O5/c1-7(2)11(14(22)19-12(8(3)4)15(23)24)18-13(21)9(5)17-10(20)6-16/h7-9,11-12H,6,16H2,1-5H3,(H,17,20)(H,18,21)(H,19,22)(H,23,24)/t9-,11-,12-/m0/s1. The third kappa shape index (κ3) is 6.95. The molecule has 0 rings (SSSR count). The molecule has 0 heterocycles. The second-order valence-corrected chi connectivity index (χ2v) is 6.29. The van der Waals surface area contributed by atoms with Crippen LogP contribution in [0.25, 0.3) is 0 Å². The van der Waals surface area contributed by atoms with E-state index in [-0.39, 0.29) is 18.4 Å². The lowest BCUT2D eigenvalue weighted by molar-refractivity contribution is -0.143. The first kappa shape index (κ1) is 21.8. The van der Waals surface area contributed by atoms with Crippen LogP contribution in [-0.4, -0.2) is 53.5 Å². The Balaban J connectivity index is 4.97. The zero-order chi connectivity index (χ0) is 19.0. The van der Waals surface area contributed by atoms with Gasteiger partial charge in [-0.15, -0.1) is 0 Å². The Morgan fingerprint density at radius 2 is 1.29 bits per heavy atom. The molecule has 0 radical (unpaired) electrons. The van der Waals surface area contributed by atoms with Crippen LogP contribution in [0.2, 0.25) is 0 Å². The fraction of sp³-hybridized carbons (Fsp3) is 0.733. The van der Waals surface area contributed by atoms with Crippen LogP contribution in [0.15, 0.2) is 0 Å². The van der Waals surface area contributed by atoms with Crippen molar-refractivity contribution >= 4 is 23.7 Å². The van der Waals surface area contributed by atoms with Crippen LogP contribution in [0.3, 0.4) is 0 Å². The number of carbonyl (C=O) groups excluding carboxylic acids is 3. The number of carbonyl (C=O) groups is 4. The minimum Gasteiger partial charge on any atom is -0.480 e. The summed E-state index contributed by atoms with van der Waals surface area (Å²) in [5.41, 5.74) is 5.17. The van der Waals surface area contributed by atoms with Crippen LogP contribution in [-0.2, 0) is 19.2 Å². The molecule has 0 aromatic carbocycles. The molecule has 3 atom stereocenters. The molecular weight excluding hydrogens is 316 g/mol. The third-order valence-corrected chi connectivity index (χ3v) is 3.43. The van der Waals surface area contributed by atoms with Crippen LogP contribution >= 0.6 is 0 Å². The molecule has 9 nitrogen and oxygen atoms in total. The van der Waals surface area contributed by atoms with Gasteiger partial charge in [-0.1, -0.05) is 27.7 Å². The summed E-state index contributed by atoms with van der Waals surface area (Å²) in [6, 6.07) is -2.84. The molecule has 0 aliphatic heterocycles. The summed E-state index contributed by atoms with van der Waals surface area (Å²) >= 11 is 0. The third-order valence-electron chi connectivity index (χ3n) is 3.43. The van der Waals surface area contributed by atoms with Crippen molar-refractivity contribution in [3.05, 3.63) is 0 Å². The summed E-state index contributed by atoms with van der Waals surface area (Å²) in [4.78, 5) is 46.9. The Morgan fingerprint density at radius 3 is 1.67 bits per heavy atom. The summed E-state index contributed by atoms with van der Waals surface area (Å²) in [5, 5.41) is 16.5. The second kappa shape index (κ2) is 9.86. The molecule has 0 aromatic heterocycles. The van der Waals surface area contributed by atoms with E-state index in [1.807, 2.05) is 0 Å². The van der Waals surface area contributed by atoms with Crippen molar-refractivity contribution in [2.75, 3.05) is 6.54 Å². The molecular formula is C15H28N4O5. The molecule has 0 fully saturated rings. The fourth-order valence-electron chi connectivity index (χ4n) is 1.94. The van der Waals surface area contributed by atoms with Gasteiger partial charge >= 0.3 is 5.97 Å². The number of amides is 3. The maximum Gasteiger partial charge on any atom is 0.326 e. The maximum absolute atomic E-state index is 12.3. The molecule has 0 aliphatic rings. The number of nitrogens with one attached hydrogen (secondary N) is 3. The Morgan fingerprint density at radius 1 is 0.833 bits per heavy atom. The molecule has 9 heteroatoms. The summed E-state index contributed by atoms with van der Waals surface area (Å²) in [7, 11) is 0. The summed E-state index contributed by atoms with van der Waals surface area (Å²) < 4.78 is 0. The summed E-state index contributed by atoms with van der Waals surface area (Å²) in [6.45, 7) is 8.00. The van der Waals surface area contributed by atoms with Crippen LogP contribution in [0.4, 0.5) is 0 Å². The van der Waals surface area contributed by atoms with Crippen molar-refractivity contribution < 1.29 is 24.3 Å². The highest BCUT2D eigenvalue weighted by Gasteiger charge is 2.31. The molecule has 0 spiro atoms. The van der Waals surface area contributed by atoms with E-state index >= 15 is 0 Å². The Bertz CT molecular complexity index is 478. The number of rotatable bonds is 9. The highest BCUT2D eigenvalue weighted by molar-refractivity contribution is 5.93. The van der Waals surface area contributed by atoms with Gasteiger partial charge in [0.05, 0.1) is 6.54 Å². The number of carboxylic acids is 1. The maximum atomic E-state index is 12.3. The van der Waals surface area contributed by atoms with Gasteiger partial charge in [0, 0.05) is 0 Å². The smallest absolute Gasteiger partial charge is 0.326 e. The van der Waals surface area contributed by atoms with Crippen molar-refractivity contribution in [1.29, 1.82) is 0 Å². The predicted molar refractivity (Wildman–Crippen MR) is 87.8 cm³/mol. The molecule has 0 bridgehead atoms.